The van der Waals surface area contributed by atoms with Crippen molar-refractivity contribution >= 4 is 11.7 Å². The van der Waals surface area contributed by atoms with Gasteiger partial charge < -0.3 is 10.6 Å². The van der Waals surface area contributed by atoms with E-state index in [0.29, 0.717) is 18.5 Å². The number of amides is 1. The van der Waals surface area contributed by atoms with E-state index in [1.165, 1.54) is 12.0 Å². The van der Waals surface area contributed by atoms with Crippen molar-refractivity contribution in [3.63, 3.8) is 0 Å². The lowest BCUT2D eigenvalue weighted by atomic mass is 9.89. The van der Waals surface area contributed by atoms with E-state index in [4.69, 9.17) is 10.7 Å². The maximum Gasteiger partial charge on any atom is 0.225 e. The monoisotopic (exact) mass is 284 g/mol. The van der Waals surface area contributed by atoms with Crippen molar-refractivity contribution in [2.75, 3.05) is 18.0 Å². The summed E-state index contributed by atoms with van der Waals surface area (Å²) in [7, 11) is 0. The van der Waals surface area contributed by atoms with Gasteiger partial charge in [0, 0.05) is 18.8 Å². The molecule has 1 aromatic rings. The Bertz CT molecular complexity index is 634. The van der Waals surface area contributed by atoms with Gasteiger partial charge in [0.15, 0.2) is 0 Å². The van der Waals surface area contributed by atoms with Gasteiger partial charge in [-0.2, -0.15) is 5.26 Å². The zero-order valence-electron chi connectivity index (χ0n) is 12.4. The highest BCUT2D eigenvalue weighted by Gasteiger charge is 2.40. The molecular weight excluding hydrogens is 264 g/mol. The number of nitrogens with two attached hydrogens (primary N) is 1. The van der Waals surface area contributed by atoms with Crippen LogP contribution in [0.3, 0.4) is 0 Å². The smallest absolute Gasteiger partial charge is 0.225 e. The first-order valence-corrected chi connectivity index (χ1v) is 7.51. The molecule has 1 amide bonds. The molecule has 1 unspecified atom stereocenters. The predicted molar refractivity (Wildman–Crippen MR) is 79.7 cm³/mol. The Hall–Kier alpha value is -2.09. The molecule has 1 aromatic heterocycles. The van der Waals surface area contributed by atoms with Gasteiger partial charge in [0.05, 0.1) is 11.0 Å². The molecule has 21 heavy (non-hydrogen) atoms. The first kappa shape index (κ1) is 13.9. The van der Waals surface area contributed by atoms with Gasteiger partial charge in [-0.25, -0.2) is 4.98 Å². The van der Waals surface area contributed by atoms with E-state index < -0.39 is 5.41 Å². The molecule has 0 spiro atoms. The lowest BCUT2D eigenvalue weighted by Gasteiger charge is -2.24. The van der Waals surface area contributed by atoms with E-state index in [1.807, 2.05) is 17.9 Å². The van der Waals surface area contributed by atoms with E-state index in [-0.39, 0.29) is 5.91 Å². The van der Waals surface area contributed by atoms with E-state index in [0.717, 1.165) is 37.3 Å². The van der Waals surface area contributed by atoms with Crippen molar-refractivity contribution in [3.8, 4) is 6.07 Å². The number of aromatic nitrogens is 1. The molecule has 2 aliphatic rings. The lowest BCUT2D eigenvalue weighted by Crippen LogP contribution is -2.37. The highest BCUT2D eigenvalue weighted by Crippen LogP contribution is 2.35. The molecule has 1 aliphatic carbocycles. The Morgan fingerprint density at radius 1 is 1.48 bits per heavy atom. The van der Waals surface area contributed by atoms with Crippen molar-refractivity contribution in [2.24, 2.45) is 11.1 Å². The van der Waals surface area contributed by atoms with Crippen molar-refractivity contribution in [1.29, 1.82) is 5.26 Å². The fourth-order valence-corrected chi connectivity index (χ4v) is 3.29. The zero-order valence-corrected chi connectivity index (χ0v) is 12.4. The van der Waals surface area contributed by atoms with Gasteiger partial charge in [-0.15, -0.1) is 0 Å². The van der Waals surface area contributed by atoms with Crippen LogP contribution in [0.2, 0.25) is 0 Å². The Morgan fingerprint density at radius 3 is 2.90 bits per heavy atom. The second-order valence-electron chi connectivity index (χ2n) is 6.38. The molecule has 1 saturated heterocycles. The third kappa shape index (κ3) is 2.35. The van der Waals surface area contributed by atoms with Crippen molar-refractivity contribution in [2.45, 2.75) is 39.0 Å². The number of carbonyl (C=O) groups excluding carboxylic acids is 1. The topological polar surface area (TPSA) is 83.0 Å². The summed E-state index contributed by atoms with van der Waals surface area (Å²) in [6, 6.07) is 4.24. The first-order valence-electron chi connectivity index (χ1n) is 7.51. The number of rotatable bonds is 2. The van der Waals surface area contributed by atoms with Gasteiger partial charge in [0.2, 0.25) is 5.91 Å². The summed E-state index contributed by atoms with van der Waals surface area (Å²) in [5, 5.41) is 9.41. The van der Waals surface area contributed by atoms with Gasteiger partial charge in [-0.1, -0.05) is 0 Å². The summed E-state index contributed by atoms with van der Waals surface area (Å²) in [4.78, 5) is 18.4. The van der Waals surface area contributed by atoms with Crippen LogP contribution in [-0.4, -0.2) is 24.0 Å². The Balaban J connectivity index is 1.96. The van der Waals surface area contributed by atoms with E-state index in [9.17, 15) is 10.1 Å². The van der Waals surface area contributed by atoms with Gasteiger partial charge in [-0.3, -0.25) is 4.79 Å². The third-order valence-corrected chi connectivity index (χ3v) is 4.77. The molecular formula is C16H20N4O. The van der Waals surface area contributed by atoms with Crippen LogP contribution in [-0.2, 0) is 17.6 Å². The Morgan fingerprint density at radius 2 is 2.24 bits per heavy atom. The van der Waals surface area contributed by atoms with Crippen LogP contribution in [0.15, 0.2) is 6.07 Å². The van der Waals surface area contributed by atoms with Gasteiger partial charge in [0.25, 0.3) is 0 Å². The van der Waals surface area contributed by atoms with Crippen molar-refractivity contribution in [1.82, 2.24) is 4.98 Å². The van der Waals surface area contributed by atoms with Crippen LogP contribution in [0, 0.1) is 16.7 Å². The number of hydrogen-bond acceptors (Lipinski definition) is 4. The quantitative estimate of drug-likeness (QED) is 0.892. The summed E-state index contributed by atoms with van der Waals surface area (Å²) < 4.78 is 0. The Labute approximate surface area is 124 Å². The molecule has 5 nitrogen and oxygen atoms in total. The van der Waals surface area contributed by atoms with E-state index in [2.05, 4.69) is 6.07 Å². The van der Waals surface area contributed by atoms with Crippen LogP contribution >= 0.6 is 0 Å². The van der Waals surface area contributed by atoms with Crippen molar-refractivity contribution in [3.05, 3.63) is 22.9 Å². The summed E-state index contributed by atoms with van der Waals surface area (Å²) in [6.45, 7) is 3.16. The van der Waals surface area contributed by atoms with Crippen molar-refractivity contribution < 1.29 is 4.79 Å². The number of nitriles is 1. The van der Waals surface area contributed by atoms with Crippen LogP contribution in [0.25, 0.3) is 0 Å². The number of pyridine rings is 1. The summed E-state index contributed by atoms with van der Waals surface area (Å²) >= 11 is 0. The SMILES string of the molecule is CC1(C(N)=O)CCN(c2nc3c(cc2C#N)CCCC3)C1. The van der Waals surface area contributed by atoms with Crippen LogP contribution in [0.5, 0.6) is 0 Å². The molecule has 1 fully saturated rings. The number of anilines is 1. The minimum absolute atomic E-state index is 0.276. The molecule has 2 N–H and O–H groups in total. The maximum atomic E-state index is 11.6. The lowest BCUT2D eigenvalue weighted by molar-refractivity contribution is -0.125. The van der Waals surface area contributed by atoms with E-state index >= 15 is 0 Å². The van der Waals surface area contributed by atoms with Crippen LogP contribution in [0.1, 0.15) is 43.0 Å². The van der Waals surface area contributed by atoms with Crippen LogP contribution in [0.4, 0.5) is 5.82 Å². The number of nitrogens with zero attached hydrogens (tertiary/aromatic N) is 3. The minimum atomic E-state index is -0.524. The van der Waals surface area contributed by atoms with E-state index in [1.54, 1.807) is 0 Å². The standard InChI is InChI=1S/C16H20N4O/c1-16(15(18)21)6-7-20(10-16)14-12(9-17)8-11-4-2-3-5-13(11)19-14/h8H,2-7,10H2,1H3,(H2,18,21). The third-order valence-electron chi connectivity index (χ3n) is 4.77. The average Bonchev–Trinajstić information content (AvgIpc) is 2.89. The summed E-state index contributed by atoms with van der Waals surface area (Å²) in [5.74, 6) is 0.449. The Kier molecular flexibility index (Phi) is 3.32. The maximum absolute atomic E-state index is 11.6. The molecule has 0 aromatic carbocycles. The molecule has 5 heteroatoms. The molecule has 0 saturated carbocycles. The fraction of sp³-hybridized carbons (Fsp3) is 0.562. The molecule has 3 rings (SSSR count). The predicted octanol–water partition coefficient (Wildman–Crippen LogP) is 1.53. The van der Waals surface area contributed by atoms with Gasteiger partial charge in [0.1, 0.15) is 11.9 Å². The second kappa shape index (κ2) is 5.03. The molecule has 1 aliphatic heterocycles. The molecule has 2 heterocycles. The minimum Gasteiger partial charge on any atom is -0.369 e. The average molecular weight is 284 g/mol. The number of fused-ring (bicyclic) bond motifs is 1. The highest BCUT2D eigenvalue weighted by atomic mass is 16.1. The fourth-order valence-electron chi connectivity index (χ4n) is 3.29. The summed E-state index contributed by atoms with van der Waals surface area (Å²) in [5.41, 5.74) is 7.92. The highest BCUT2D eigenvalue weighted by molar-refractivity contribution is 5.82. The largest absolute Gasteiger partial charge is 0.369 e. The van der Waals surface area contributed by atoms with Crippen LogP contribution < -0.4 is 10.6 Å². The number of carbonyl (C=O) groups is 1. The molecule has 1 atom stereocenters. The van der Waals surface area contributed by atoms with Gasteiger partial charge in [-0.05, 0) is 50.7 Å². The second-order valence-corrected chi connectivity index (χ2v) is 6.38. The zero-order chi connectivity index (χ0) is 15.0. The number of aryl methyl sites for hydroxylation is 2. The molecule has 0 bridgehead atoms. The van der Waals surface area contributed by atoms with Gasteiger partial charge >= 0.3 is 0 Å². The number of hydrogen-bond donors (Lipinski definition) is 1. The number of primary amides is 1. The molecule has 110 valence electrons. The normalized spacial score (nSPS) is 24.5. The molecule has 0 radical (unpaired) electrons. The first-order chi connectivity index (χ1) is 10.0. The summed E-state index contributed by atoms with van der Waals surface area (Å²) in [6.07, 6.45) is 5.03.